The van der Waals surface area contributed by atoms with E-state index < -0.39 is 5.97 Å². The molecule has 1 saturated carbocycles. The third-order valence-electron chi connectivity index (χ3n) is 5.65. The van der Waals surface area contributed by atoms with E-state index in [2.05, 4.69) is 16.4 Å². The van der Waals surface area contributed by atoms with Gasteiger partial charge in [0.25, 0.3) is 0 Å². The summed E-state index contributed by atoms with van der Waals surface area (Å²) in [5.74, 6) is -0.343. The molecule has 1 aliphatic carbocycles. The van der Waals surface area contributed by atoms with Gasteiger partial charge in [0.05, 0.1) is 13.0 Å². The number of benzene rings is 2. The lowest BCUT2D eigenvalue weighted by atomic mass is 9.80. The summed E-state index contributed by atoms with van der Waals surface area (Å²) in [6.07, 6.45) is 2.00. The SMILES string of the molecule is COc1ccc(-c2[nH]c3ccccc3c2CCC(=O)NC2CC(C(=O)O)C2)cc1. The highest BCUT2D eigenvalue weighted by Crippen LogP contribution is 2.32. The predicted molar refractivity (Wildman–Crippen MR) is 111 cm³/mol. The molecule has 0 bridgehead atoms. The number of carbonyl (C=O) groups excluding carboxylic acids is 1. The minimum Gasteiger partial charge on any atom is -0.497 e. The first-order valence-electron chi connectivity index (χ1n) is 9.81. The van der Waals surface area contributed by atoms with Crippen LogP contribution in [0.3, 0.4) is 0 Å². The van der Waals surface area contributed by atoms with Crippen molar-refractivity contribution in [1.82, 2.24) is 10.3 Å². The molecule has 6 heteroatoms. The zero-order chi connectivity index (χ0) is 20.4. The molecule has 3 N–H and O–H groups in total. The summed E-state index contributed by atoms with van der Waals surface area (Å²) in [4.78, 5) is 26.8. The summed E-state index contributed by atoms with van der Waals surface area (Å²) in [7, 11) is 1.64. The fourth-order valence-electron chi connectivity index (χ4n) is 3.94. The Balaban J connectivity index is 1.50. The smallest absolute Gasteiger partial charge is 0.306 e. The number of hydrogen-bond donors (Lipinski definition) is 3. The Hall–Kier alpha value is -3.28. The van der Waals surface area contributed by atoms with Gasteiger partial charge >= 0.3 is 5.97 Å². The summed E-state index contributed by atoms with van der Waals surface area (Å²) in [6, 6.07) is 15.9. The predicted octanol–water partition coefficient (Wildman–Crippen LogP) is 3.76. The first kappa shape index (κ1) is 19.1. The van der Waals surface area contributed by atoms with Crippen LogP contribution in [-0.4, -0.2) is 35.1 Å². The van der Waals surface area contributed by atoms with Gasteiger partial charge in [-0.05, 0) is 60.7 Å². The quantitative estimate of drug-likeness (QED) is 0.571. The number of aromatic nitrogens is 1. The number of hydrogen-bond acceptors (Lipinski definition) is 3. The Labute approximate surface area is 168 Å². The molecular weight excluding hydrogens is 368 g/mol. The van der Waals surface area contributed by atoms with Gasteiger partial charge in [-0.15, -0.1) is 0 Å². The van der Waals surface area contributed by atoms with Crippen LogP contribution in [0.25, 0.3) is 22.2 Å². The molecule has 29 heavy (non-hydrogen) atoms. The second-order valence-corrected chi connectivity index (χ2v) is 7.52. The van der Waals surface area contributed by atoms with Gasteiger partial charge in [-0.25, -0.2) is 0 Å². The van der Waals surface area contributed by atoms with Gasteiger partial charge in [-0.2, -0.15) is 0 Å². The number of amides is 1. The largest absolute Gasteiger partial charge is 0.497 e. The fourth-order valence-corrected chi connectivity index (χ4v) is 3.94. The molecule has 1 heterocycles. The van der Waals surface area contributed by atoms with Crippen molar-refractivity contribution in [3.63, 3.8) is 0 Å². The number of rotatable bonds is 7. The van der Waals surface area contributed by atoms with E-state index in [1.165, 1.54) is 0 Å². The lowest BCUT2D eigenvalue weighted by molar-refractivity contribution is -0.146. The van der Waals surface area contributed by atoms with Crippen LogP contribution in [0.4, 0.5) is 0 Å². The number of nitrogens with one attached hydrogen (secondary N) is 2. The average Bonchev–Trinajstić information content (AvgIpc) is 3.07. The molecule has 6 nitrogen and oxygen atoms in total. The number of H-pyrrole nitrogens is 1. The van der Waals surface area contributed by atoms with E-state index in [9.17, 15) is 9.59 Å². The number of aromatic amines is 1. The van der Waals surface area contributed by atoms with Crippen LogP contribution in [0.15, 0.2) is 48.5 Å². The van der Waals surface area contributed by atoms with Gasteiger partial charge in [0.1, 0.15) is 5.75 Å². The van der Waals surface area contributed by atoms with E-state index in [1.54, 1.807) is 7.11 Å². The third kappa shape index (κ3) is 3.97. The normalized spacial score (nSPS) is 18.2. The van der Waals surface area contributed by atoms with Gasteiger partial charge in [0.2, 0.25) is 5.91 Å². The summed E-state index contributed by atoms with van der Waals surface area (Å²) in [5, 5.41) is 13.0. The van der Waals surface area contributed by atoms with Crippen LogP contribution in [-0.2, 0) is 16.0 Å². The van der Waals surface area contributed by atoms with Crippen LogP contribution in [0.1, 0.15) is 24.8 Å². The number of aliphatic carboxylic acids is 1. The maximum absolute atomic E-state index is 12.4. The van der Waals surface area contributed by atoms with Crippen molar-refractivity contribution < 1.29 is 19.4 Å². The van der Waals surface area contributed by atoms with E-state index in [0.29, 0.717) is 25.7 Å². The van der Waals surface area contributed by atoms with E-state index in [1.807, 2.05) is 42.5 Å². The molecule has 0 atom stereocenters. The number of methoxy groups -OCH3 is 1. The molecule has 2 aromatic carbocycles. The van der Waals surface area contributed by atoms with E-state index >= 15 is 0 Å². The number of fused-ring (bicyclic) bond motifs is 1. The monoisotopic (exact) mass is 392 g/mol. The van der Waals surface area contributed by atoms with Crippen molar-refractivity contribution in [3.05, 3.63) is 54.1 Å². The van der Waals surface area contributed by atoms with Crippen LogP contribution < -0.4 is 10.1 Å². The lowest BCUT2D eigenvalue weighted by Gasteiger charge is -2.32. The lowest BCUT2D eigenvalue weighted by Crippen LogP contribution is -2.46. The van der Waals surface area contributed by atoms with Crippen molar-refractivity contribution in [3.8, 4) is 17.0 Å². The molecule has 150 valence electrons. The topological polar surface area (TPSA) is 91.4 Å². The molecule has 1 aromatic heterocycles. The molecule has 1 aliphatic rings. The zero-order valence-corrected chi connectivity index (χ0v) is 16.3. The average molecular weight is 392 g/mol. The molecule has 0 radical (unpaired) electrons. The van der Waals surface area contributed by atoms with Gasteiger partial charge in [0.15, 0.2) is 0 Å². The second kappa shape index (κ2) is 7.99. The Kier molecular flexibility index (Phi) is 5.25. The number of para-hydroxylation sites is 1. The maximum atomic E-state index is 12.4. The molecule has 1 amide bonds. The van der Waals surface area contributed by atoms with E-state index in [0.717, 1.165) is 33.5 Å². The minimum atomic E-state index is -0.779. The highest BCUT2D eigenvalue weighted by molar-refractivity contribution is 5.91. The molecule has 0 unspecified atom stereocenters. The summed E-state index contributed by atoms with van der Waals surface area (Å²) < 4.78 is 5.25. The van der Waals surface area contributed by atoms with Crippen molar-refractivity contribution >= 4 is 22.8 Å². The fraction of sp³-hybridized carbons (Fsp3) is 0.304. The van der Waals surface area contributed by atoms with Crippen LogP contribution >= 0.6 is 0 Å². The number of carboxylic acids is 1. The Morgan fingerprint density at radius 2 is 1.86 bits per heavy atom. The zero-order valence-electron chi connectivity index (χ0n) is 16.3. The number of carboxylic acid groups (broad SMARTS) is 1. The van der Waals surface area contributed by atoms with Gasteiger partial charge < -0.3 is 20.1 Å². The van der Waals surface area contributed by atoms with E-state index in [-0.39, 0.29) is 17.9 Å². The van der Waals surface area contributed by atoms with Crippen molar-refractivity contribution in [1.29, 1.82) is 0 Å². The first-order chi connectivity index (χ1) is 14.0. The van der Waals surface area contributed by atoms with Gasteiger partial charge in [-0.1, -0.05) is 18.2 Å². The number of carbonyl (C=O) groups is 2. The standard InChI is InChI=1S/C23H24N2O4/c1-29-17-8-6-14(7-9-17)22-19(18-4-2-3-5-20(18)25-22)10-11-21(26)24-16-12-15(13-16)23(27)28/h2-9,15-16,25H,10-13H2,1H3,(H,24,26)(H,27,28). The molecule has 3 aromatic rings. The summed E-state index contributed by atoms with van der Waals surface area (Å²) in [6.45, 7) is 0. The Morgan fingerprint density at radius 1 is 1.14 bits per heavy atom. The second-order valence-electron chi connectivity index (χ2n) is 7.52. The molecule has 0 spiro atoms. The highest BCUT2D eigenvalue weighted by atomic mass is 16.5. The van der Waals surface area contributed by atoms with Crippen LogP contribution in [0.5, 0.6) is 5.75 Å². The van der Waals surface area contributed by atoms with Crippen LogP contribution in [0.2, 0.25) is 0 Å². The summed E-state index contributed by atoms with van der Waals surface area (Å²) in [5.41, 5.74) is 4.20. The number of ether oxygens (including phenoxy) is 1. The highest BCUT2D eigenvalue weighted by Gasteiger charge is 2.35. The minimum absolute atomic E-state index is 0.0207. The Morgan fingerprint density at radius 3 is 2.55 bits per heavy atom. The molecule has 0 aliphatic heterocycles. The molecule has 0 saturated heterocycles. The van der Waals surface area contributed by atoms with Crippen LogP contribution in [0, 0.1) is 5.92 Å². The Bertz CT molecular complexity index is 1030. The van der Waals surface area contributed by atoms with E-state index in [4.69, 9.17) is 9.84 Å². The van der Waals surface area contributed by atoms with Crippen molar-refractivity contribution in [2.75, 3.05) is 7.11 Å². The van der Waals surface area contributed by atoms with Gasteiger partial charge in [-0.3, -0.25) is 9.59 Å². The molecule has 4 rings (SSSR count). The summed E-state index contributed by atoms with van der Waals surface area (Å²) >= 11 is 0. The van der Waals surface area contributed by atoms with Gasteiger partial charge in [0, 0.05) is 29.1 Å². The first-order valence-corrected chi connectivity index (χ1v) is 9.81. The number of aryl methyl sites for hydroxylation is 1. The molecular formula is C23H24N2O4. The molecule has 1 fully saturated rings. The van der Waals surface area contributed by atoms with Crippen molar-refractivity contribution in [2.45, 2.75) is 31.7 Å². The maximum Gasteiger partial charge on any atom is 0.306 e. The van der Waals surface area contributed by atoms with Crippen molar-refractivity contribution in [2.24, 2.45) is 5.92 Å². The third-order valence-corrected chi connectivity index (χ3v) is 5.65.